The number of rotatable bonds is 2. The highest BCUT2D eigenvalue weighted by Crippen LogP contribution is 2.23. The topological polar surface area (TPSA) is 17.1 Å². The number of aryl methyl sites for hydroxylation is 1. The summed E-state index contributed by atoms with van der Waals surface area (Å²) in [7, 11) is 0. The van der Waals surface area contributed by atoms with E-state index < -0.39 is 17.4 Å². The molecular formula is C14H9ClF2O. The van der Waals surface area contributed by atoms with Gasteiger partial charge in [-0.25, -0.2) is 8.78 Å². The van der Waals surface area contributed by atoms with Crippen LogP contribution in [0.1, 0.15) is 21.5 Å². The minimum atomic E-state index is -0.671. The van der Waals surface area contributed by atoms with Crippen LogP contribution in [0.25, 0.3) is 0 Å². The second-order valence-corrected chi connectivity index (χ2v) is 4.27. The molecule has 4 heteroatoms. The summed E-state index contributed by atoms with van der Waals surface area (Å²) in [6.45, 7) is 1.60. The maximum absolute atomic E-state index is 13.4. The molecule has 2 aromatic rings. The van der Waals surface area contributed by atoms with Gasteiger partial charge in [0.1, 0.15) is 11.6 Å². The lowest BCUT2D eigenvalue weighted by molar-refractivity contribution is 0.103. The van der Waals surface area contributed by atoms with E-state index in [0.29, 0.717) is 5.56 Å². The van der Waals surface area contributed by atoms with E-state index in [-0.39, 0.29) is 16.1 Å². The van der Waals surface area contributed by atoms with E-state index in [1.54, 1.807) is 6.92 Å². The summed E-state index contributed by atoms with van der Waals surface area (Å²) >= 11 is 5.72. The van der Waals surface area contributed by atoms with E-state index in [0.717, 1.165) is 12.1 Å². The first kappa shape index (κ1) is 12.7. The Morgan fingerprint density at radius 2 is 1.83 bits per heavy atom. The molecular weight excluding hydrogens is 258 g/mol. The molecule has 18 heavy (non-hydrogen) atoms. The SMILES string of the molecule is Cc1ccc(C(=O)c2cccc(F)c2Cl)cc1F. The maximum atomic E-state index is 13.4. The van der Waals surface area contributed by atoms with Gasteiger partial charge in [0.15, 0.2) is 5.78 Å². The van der Waals surface area contributed by atoms with Gasteiger partial charge in [-0.2, -0.15) is 0 Å². The number of carbonyl (C=O) groups is 1. The molecule has 1 nitrogen and oxygen atoms in total. The number of hydrogen-bond acceptors (Lipinski definition) is 1. The van der Waals surface area contributed by atoms with E-state index in [4.69, 9.17) is 11.6 Å². The number of benzene rings is 2. The molecule has 0 aliphatic carbocycles. The highest BCUT2D eigenvalue weighted by Gasteiger charge is 2.16. The van der Waals surface area contributed by atoms with Gasteiger partial charge in [-0.3, -0.25) is 4.79 Å². The summed E-state index contributed by atoms with van der Waals surface area (Å²) in [6, 6.07) is 8.07. The van der Waals surface area contributed by atoms with Gasteiger partial charge in [0.05, 0.1) is 5.02 Å². The quantitative estimate of drug-likeness (QED) is 0.746. The third kappa shape index (κ3) is 2.27. The maximum Gasteiger partial charge on any atom is 0.194 e. The lowest BCUT2D eigenvalue weighted by Crippen LogP contribution is -2.04. The molecule has 2 aromatic carbocycles. The summed E-state index contributed by atoms with van der Waals surface area (Å²) in [5, 5.41) is -0.247. The Morgan fingerprint density at radius 1 is 1.11 bits per heavy atom. The molecule has 0 atom stereocenters. The highest BCUT2D eigenvalue weighted by molar-refractivity contribution is 6.35. The third-order valence-corrected chi connectivity index (χ3v) is 3.01. The van der Waals surface area contributed by atoms with Gasteiger partial charge in [0.25, 0.3) is 0 Å². The first-order chi connectivity index (χ1) is 8.50. The van der Waals surface area contributed by atoms with Crippen LogP contribution in [0, 0.1) is 18.6 Å². The van der Waals surface area contributed by atoms with Crippen LogP contribution < -0.4 is 0 Å². The van der Waals surface area contributed by atoms with Crippen LogP contribution in [0.4, 0.5) is 8.78 Å². The van der Waals surface area contributed by atoms with Gasteiger partial charge >= 0.3 is 0 Å². The van der Waals surface area contributed by atoms with Crippen LogP contribution in [0.5, 0.6) is 0 Å². The van der Waals surface area contributed by atoms with Gasteiger partial charge in [-0.1, -0.05) is 29.8 Å². The van der Waals surface area contributed by atoms with Gasteiger partial charge in [-0.05, 0) is 30.7 Å². The van der Waals surface area contributed by atoms with Crippen molar-refractivity contribution in [1.82, 2.24) is 0 Å². The highest BCUT2D eigenvalue weighted by atomic mass is 35.5. The van der Waals surface area contributed by atoms with E-state index in [9.17, 15) is 13.6 Å². The molecule has 0 aromatic heterocycles. The molecule has 2 rings (SSSR count). The summed E-state index contributed by atoms with van der Waals surface area (Å²) in [5.41, 5.74) is 0.613. The fraction of sp³-hybridized carbons (Fsp3) is 0.0714. The van der Waals surface area contributed by atoms with Crippen molar-refractivity contribution < 1.29 is 13.6 Å². The summed E-state index contributed by atoms with van der Waals surface area (Å²) in [6.07, 6.45) is 0. The standard InChI is InChI=1S/C14H9ClF2O/c1-8-5-6-9(7-12(8)17)14(18)10-3-2-4-11(16)13(10)15/h2-7H,1H3. The van der Waals surface area contributed by atoms with Crippen molar-refractivity contribution in [3.05, 3.63) is 69.7 Å². The minimum Gasteiger partial charge on any atom is -0.289 e. The fourth-order valence-electron chi connectivity index (χ4n) is 1.57. The van der Waals surface area contributed by atoms with Crippen LogP contribution in [-0.2, 0) is 0 Å². The second kappa shape index (κ2) is 4.86. The van der Waals surface area contributed by atoms with Crippen molar-refractivity contribution in [2.24, 2.45) is 0 Å². The van der Waals surface area contributed by atoms with Crippen molar-refractivity contribution >= 4 is 17.4 Å². The average molecular weight is 267 g/mol. The monoisotopic (exact) mass is 266 g/mol. The van der Waals surface area contributed by atoms with Crippen LogP contribution in [0.15, 0.2) is 36.4 Å². The van der Waals surface area contributed by atoms with E-state index >= 15 is 0 Å². The Hall–Kier alpha value is -1.74. The molecule has 0 heterocycles. The summed E-state index contributed by atoms with van der Waals surface area (Å²) < 4.78 is 26.6. The summed E-state index contributed by atoms with van der Waals surface area (Å²) in [5.74, 6) is -1.65. The number of halogens is 3. The van der Waals surface area contributed by atoms with Gasteiger partial charge in [-0.15, -0.1) is 0 Å². The molecule has 0 aliphatic rings. The number of ketones is 1. The molecule has 0 fully saturated rings. The Labute approximate surface area is 108 Å². The Kier molecular flexibility index (Phi) is 3.43. The van der Waals surface area contributed by atoms with Gasteiger partial charge in [0, 0.05) is 11.1 Å². The predicted molar refractivity (Wildman–Crippen MR) is 66.0 cm³/mol. The molecule has 0 aliphatic heterocycles. The zero-order chi connectivity index (χ0) is 13.3. The molecule has 0 N–H and O–H groups in total. The Morgan fingerprint density at radius 3 is 2.50 bits per heavy atom. The van der Waals surface area contributed by atoms with Crippen molar-refractivity contribution in [1.29, 1.82) is 0 Å². The largest absolute Gasteiger partial charge is 0.289 e. The zero-order valence-electron chi connectivity index (χ0n) is 9.51. The minimum absolute atomic E-state index is 0.0277. The predicted octanol–water partition coefficient (Wildman–Crippen LogP) is 4.16. The lowest BCUT2D eigenvalue weighted by atomic mass is 10.0. The molecule has 0 bridgehead atoms. The first-order valence-corrected chi connectivity index (χ1v) is 5.63. The third-order valence-electron chi connectivity index (χ3n) is 2.63. The normalized spacial score (nSPS) is 10.4. The van der Waals surface area contributed by atoms with Crippen LogP contribution in [0.2, 0.25) is 5.02 Å². The van der Waals surface area contributed by atoms with Gasteiger partial charge in [0.2, 0.25) is 0 Å². The van der Waals surface area contributed by atoms with E-state index in [2.05, 4.69) is 0 Å². The van der Waals surface area contributed by atoms with Crippen molar-refractivity contribution in [3.63, 3.8) is 0 Å². The van der Waals surface area contributed by atoms with Crippen molar-refractivity contribution in [3.8, 4) is 0 Å². The second-order valence-electron chi connectivity index (χ2n) is 3.89. The first-order valence-electron chi connectivity index (χ1n) is 5.25. The molecule has 92 valence electrons. The number of carbonyl (C=O) groups excluding carboxylic acids is 1. The molecule has 0 radical (unpaired) electrons. The average Bonchev–Trinajstić information content (AvgIpc) is 2.35. The summed E-state index contributed by atoms with van der Waals surface area (Å²) in [4.78, 5) is 12.1. The van der Waals surface area contributed by atoms with Crippen LogP contribution >= 0.6 is 11.6 Å². The van der Waals surface area contributed by atoms with Crippen molar-refractivity contribution in [2.75, 3.05) is 0 Å². The molecule has 0 saturated carbocycles. The van der Waals surface area contributed by atoms with E-state index in [1.165, 1.54) is 24.3 Å². The van der Waals surface area contributed by atoms with Crippen molar-refractivity contribution in [2.45, 2.75) is 6.92 Å². The lowest BCUT2D eigenvalue weighted by Gasteiger charge is -2.05. The smallest absolute Gasteiger partial charge is 0.194 e. The Bertz CT molecular complexity index is 623. The molecule has 0 spiro atoms. The Balaban J connectivity index is 2.48. The van der Waals surface area contributed by atoms with Crippen LogP contribution in [-0.4, -0.2) is 5.78 Å². The molecule has 0 amide bonds. The van der Waals surface area contributed by atoms with E-state index in [1.807, 2.05) is 0 Å². The van der Waals surface area contributed by atoms with Crippen LogP contribution in [0.3, 0.4) is 0 Å². The molecule has 0 saturated heterocycles. The van der Waals surface area contributed by atoms with Gasteiger partial charge < -0.3 is 0 Å². The molecule has 0 unspecified atom stereocenters. The zero-order valence-corrected chi connectivity index (χ0v) is 10.3. The fourth-order valence-corrected chi connectivity index (χ4v) is 1.78. The number of hydrogen-bond donors (Lipinski definition) is 0.